The van der Waals surface area contributed by atoms with Gasteiger partial charge in [0.25, 0.3) is 0 Å². The van der Waals surface area contributed by atoms with Crippen LogP contribution in [0.25, 0.3) is 11.5 Å². The Morgan fingerprint density at radius 3 is 2.53 bits per heavy atom. The van der Waals surface area contributed by atoms with Crippen LogP contribution in [0, 0.1) is 6.92 Å². The third-order valence-electron chi connectivity index (χ3n) is 2.09. The standard InChI is InChI=1S/C11H11N3O3/c1-7-13-14-10(17-7)8-3-5-9(6-4-8)12-11(15)16-2/h3-6H,1-2H3,(H,12,15). The van der Waals surface area contributed by atoms with Crippen molar-refractivity contribution in [2.75, 3.05) is 12.4 Å². The Hall–Kier alpha value is -2.37. The molecule has 0 aliphatic carbocycles. The van der Waals surface area contributed by atoms with E-state index < -0.39 is 6.09 Å². The topological polar surface area (TPSA) is 77.2 Å². The van der Waals surface area contributed by atoms with Crippen molar-refractivity contribution in [2.24, 2.45) is 0 Å². The van der Waals surface area contributed by atoms with Gasteiger partial charge in [-0.25, -0.2) is 4.79 Å². The molecule has 0 fully saturated rings. The van der Waals surface area contributed by atoms with Crippen LogP contribution >= 0.6 is 0 Å². The van der Waals surface area contributed by atoms with Crippen molar-refractivity contribution in [2.45, 2.75) is 6.92 Å². The molecule has 88 valence electrons. The van der Waals surface area contributed by atoms with E-state index in [1.54, 1.807) is 31.2 Å². The predicted molar refractivity (Wildman–Crippen MR) is 60.5 cm³/mol. The molecule has 0 atom stereocenters. The number of ether oxygens (including phenoxy) is 1. The Bertz CT molecular complexity index is 519. The molecular weight excluding hydrogens is 222 g/mol. The maximum Gasteiger partial charge on any atom is 0.411 e. The van der Waals surface area contributed by atoms with Crippen molar-refractivity contribution in [3.63, 3.8) is 0 Å². The van der Waals surface area contributed by atoms with E-state index in [4.69, 9.17) is 4.42 Å². The Morgan fingerprint density at radius 1 is 1.29 bits per heavy atom. The van der Waals surface area contributed by atoms with Crippen LogP contribution in [0.3, 0.4) is 0 Å². The highest BCUT2D eigenvalue weighted by Crippen LogP contribution is 2.19. The minimum atomic E-state index is -0.508. The van der Waals surface area contributed by atoms with Gasteiger partial charge in [0.05, 0.1) is 7.11 Å². The van der Waals surface area contributed by atoms with Gasteiger partial charge in [-0.2, -0.15) is 0 Å². The smallest absolute Gasteiger partial charge is 0.411 e. The molecular formula is C11H11N3O3. The molecule has 0 aliphatic rings. The van der Waals surface area contributed by atoms with Crippen LogP contribution in [-0.4, -0.2) is 23.4 Å². The average molecular weight is 233 g/mol. The summed E-state index contributed by atoms with van der Waals surface area (Å²) in [6.45, 7) is 1.73. The van der Waals surface area contributed by atoms with E-state index in [2.05, 4.69) is 20.3 Å². The number of benzene rings is 1. The van der Waals surface area contributed by atoms with Crippen molar-refractivity contribution in [3.8, 4) is 11.5 Å². The largest absolute Gasteiger partial charge is 0.453 e. The van der Waals surface area contributed by atoms with Crippen LogP contribution in [0.1, 0.15) is 5.89 Å². The number of methoxy groups -OCH3 is 1. The van der Waals surface area contributed by atoms with Crippen molar-refractivity contribution in [1.82, 2.24) is 10.2 Å². The van der Waals surface area contributed by atoms with E-state index in [0.29, 0.717) is 17.5 Å². The van der Waals surface area contributed by atoms with Gasteiger partial charge in [-0.05, 0) is 24.3 Å². The molecule has 0 spiro atoms. The number of aryl methyl sites for hydroxylation is 1. The van der Waals surface area contributed by atoms with Crippen molar-refractivity contribution < 1.29 is 13.9 Å². The summed E-state index contributed by atoms with van der Waals surface area (Å²) in [5.41, 5.74) is 1.43. The van der Waals surface area contributed by atoms with Gasteiger partial charge < -0.3 is 9.15 Å². The highest BCUT2D eigenvalue weighted by atomic mass is 16.5. The summed E-state index contributed by atoms with van der Waals surface area (Å²) >= 11 is 0. The van der Waals surface area contributed by atoms with Gasteiger partial charge in [-0.3, -0.25) is 5.32 Å². The fourth-order valence-electron chi connectivity index (χ4n) is 1.28. The third-order valence-corrected chi connectivity index (χ3v) is 2.09. The summed E-state index contributed by atoms with van der Waals surface area (Å²) in [5.74, 6) is 0.962. The highest BCUT2D eigenvalue weighted by Gasteiger charge is 2.06. The van der Waals surface area contributed by atoms with Crippen molar-refractivity contribution in [1.29, 1.82) is 0 Å². The zero-order valence-corrected chi connectivity index (χ0v) is 9.43. The van der Waals surface area contributed by atoms with E-state index in [0.717, 1.165) is 5.56 Å². The number of carbonyl (C=O) groups excluding carboxylic acids is 1. The molecule has 1 aromatic carbocycles. The molecule has 0 unspecified atom stereocenters. The number of aromatic nitrogens is 2. The second kappa shape index (κ2) is 4.65. The monoisotopic (exact) mass is 233 g/mol. The molecule has 1 N–H and O–H groups in total. The number of amides is 1. The van der Waals surface area contributed by atoms with E-state index >= 15 is 0 Å². The summed E-state index contributed by atoms with van der Waals surface area (Å²) in [5, 5.41) is 10.2. The number of nitrogens with zero attached hydrogens (tertiary/aromatic N) is 2. The van der Waals surface area contributed by atoms with Gasteiger partial charge in [0.1, 0.15) is 0 Å². The molecule has 0 saturated carbocycles. The van der Waals surface area contributed by atoms with Gasteiger partial charge >= 0.3 is 6.09 Å². The first-order valence-electron chi connectivity index (χ1n) is 4.94. The molecule has 6 nitrogen and oxygen atoms in total. The number of nitrogens with one attached hydrogen (secondary N) is 1. The summed E-state index contributed by atoms with van der Waals surface area (Å²) < 4.78 is 9.76. The van der Waals surface area contributed by atoms with E-state index in [9.17, 15) is 4.79 Å². The van der Waals surface area contributed by atoms with Crippen LogP contribution < -0.4 is 5.32 Å². The Morgan fingerprint density at radius 2 is 2.00 bits per heavy atom. The van der Waals surface area contributed by atoms with Gasteiger partial charge in [0, 0.05) is 18.2 Å². The zero-order valence-electron chi connectivity index (χ0n) is 9.43. The first-order valence-corrected chi connectivity index (χ1v) is 4.94. The van der Waals surface area contributed by atoms with Crippen LogP contribution in [0.2, 0.25) is 0 Å². The SMILES string of the molecule is COC(=O)Nc1ccc(-c2nnc(C)o2)cc1. The normalized spacial score (nSPS) is 10.0. The maximum absolute atomic E-state index is 11.0. The number of anilines is 1. The zero-order chi connectivity index (χ0) is 12.3. The summed E-state index contributed by atoms with van der Waals surface area (Å²) in [4.78, 5) is 11.0. The summed E-state index contributed by atoms with van der Waals surface area (Å²) in [7, 11) is 1.31. The minimum Gasteiger partial charge on any atom is -0.453 e. The molecule has 1 aromatic heterocycles. The lowest BCUT2D eigenvalue weighted by molar-refractivity contribution is 0.187. The lowest BCUT2D eigenvalue weighted by Gasteiger charge is -2.03. The Labute approximate surface area is 97.6 Å². The fourth-order valence-corrected chi connectivity index (χ4v) is 1.28. The molecule has 1 heterocycles. The van der Waals surface area contributed by atoms with Gasteiger partial charge in [0.15, 0.2) is 0 Å². The second-order valence-corrected chi connectivity index (χ2v) is 3.32. The molecule has 1 amide bonds. The van der Waals surface area contributed by atoms with Crippen LogP contribution in [-0.2, 0) is 4.74 Å². The fraction of sp³-hybridized carbons (Fsp3) is 0.182. The third kappa shape index (κ3) is 2.60. The van der Waals surface area contributed by atoms with Crippen LogP contribution in [0.15, 0.2) is 28.7 Å². The average Bonchev–Trinajstić information content (AvgIpc) is 2.77. The quantitative estimate of drug-likeness (QED) is 0.860. The lowest BCUT2D eigenvalue weighted by Crippen LogP contribution is -2.10. The molecule has 0 aliphatic heterocycles. The number of hydrogen-bond donors (Lipinski definition) is 1. The molecule has 2 aromatic rings. The van der Waals surface area contributed by atoms with Gasteiger partial charge in [-0.15, -0.1) is 10.2 Å². The Kier molecular flexibility index (Phi) is 3.04. The van der Waals surface area contributed by atoms with Gasteiger partial charge in [-0.1, -0.05) is 0 Å². The summed E-state index contributed by atoms with van der Waals surface area (Å²) in [6, 6.07) is 7.01. The highest BCUT2D eigenvalue weighted by molar-refractivity contribution is 5.84. The molecule has 0 radical (unpaired) electrons. The van der Waals surface area contributed by atoms with Crippen LogP contribution in [0.5, 0.6) is 0 Å². The molecule has 6 heteroatoms. The molecule has 0 bridgehead atoms. The minimum absolute atomic E-state index is 0.451. The van der Waals surface area contributed by atoms with Crippen LogP contribution in [0.4, 0.5) is 10.5 Å². The maximum atomic E-state index is 11.0. The molecule has 17 heavy (non-hydrogen) atoms. The van der Waals surface area contributed by atoms with Crippen molar-refractivity contribution in [3.05, 3.63) is 30.2 Å². The van der Waals surface area contributed by atoms with E-state index in [-0.39, 0.29) is 0 Å². The molecule has 2 rings (SSSR count). The first-order chi connectivity index (χ1) is 8.19. The van der Waals surface area contributed by atoms with Gasteiger partial charge in [0.2, 0.25) is 11.8 Å². The van der Waals surface area contributed by atoms with E-state index in [1.165, 1.54) is 7.11 Å². The number of hydrogen-bond acceptors (Lipinski definition) is 5. The second-order valence-electron chi connectivity index (χ2n) is 3.32. The predicted octanol–water partition coefficient (Wildman–Crippen LogP) is 2.22. The number of carbonyl (C=O) groups is 1. The lowest BCUT2D eigenvalue weighted by atomic mass is 10.2. The first kappa shape index (κ1) is 11.1. The van der Waals surface area contributed by atoms with Crippen molar-refractivity contribution >= 4 is 11.8 Å². The Balaban J connectivity index is 2.15. The summed E-state index contributed by atoms with van der Waals surface area (Å²) in [6.07, 6.45) is -0.508. The number of rotatable bonds is 2. The van der Waals surface area contributed by atoms with E-state index in [1.807, 2.05) is 0 Å². The molecule has 0 saturated heterocycles.